The molecule has 9 rings (SSSR count). The SMILES string of the molecule is CC(C)(C)c1cc(-[n+]2[c-]n(-c3[c-]c(Oc4[c-]c5c(cc4)c4ccccc4n5-c4cc(C(C)(C)C)ccn4)cc(C(C)(C)c4ccccc4)c3)c(C(C)(C)C)c2)cc(C(C)(C)c2ccccc2)c1.[Pt]. The maximum atomic E-state index is 6.97. The minimum Gasteiger partial charge on any atom is -0.510 e. The third-order valence-corrected chi connectivity index (χ3v) is 13.7. The maximum Gasteiger partial charge on any atom is 0.267 e. The molecule has 0 saturated heterocycles. The van der Waals surface area contributed by atoms with E-state index in [-0.39, 0.29) is 48.1 Å². The zero-order chi connectivity index (χ0) is 47.7. The number of rotatable bonds is 9. The smallest absolute Gasteiger partial charge is 0.267 e. The van der Waals surface area contributed by atoms with Crippen molar-refractivity contribution in [2.45, 2.75) is 117 Å². The van der Waals surface area contributed by atoms with E-state index < -0.39 is 0 Å². The molecule has 0 atom stereocenters. The fourth-order valence-electron chi connectivity index (χ4n) is 9.16. The van der Waals surface area contributed by atoms with Crippen LogP contribution in [0.4, 0.5) is 0 Å². The second-order valence-electron chi connectivity index (χ2n) is 22.4. The molecule has 6 heteroatoms. The molecule has 0 spiro atoms. The Labute approximate surface area is 419 Å². The third kappa shape index (κ3) is 9.27. The molecule has 0 saturated carbocycles. The summed E-state index contributed by atoms with van der Waals surface area (Å²) in [6.07, 6.45) is 7.99. The van der Waals surface area contributed by atoms with E-state index in [9.17, 15) is 0 Å². The molecule has 0 bridgehead atoms. The molecule has 0 N–H and O–H groups in total. The zero-order valence-electron chi connectivity index (χ0n) is 41.9. The first-order chi connectivity index (χ1) is 31.6. The Kier molecular flexibility index (Phi) is 12.7. The van der Waals surface area contributed by atoms with E-state index in [2.05, 4.69) is 262 Å². The van der Waals surface area contributed by atoms with Gasteiger partial charge >= 0.3 is 0 Å². The van der Waals surface area contributed by atoms with Gasteiger partial charge in [-0.05, 0) is 90.9 Å². The van der Waals surface area contributed by atoms with Crippen molar-refractivity contribution in [3.8, 4) is 28.7 Å². The summed E-state index contributed by atoms with van der Waals surface area (Å²) in [7, 11) is 0. The van der Waals surface area contributed by atoms with Gasteiger partial charge in [-0.3, -0.25) is 4.57 Å². The van der Waals surface area contributed by atoms with Crippen molar-refractivity contribution in [2.75, 3.05) is 0 Å². The minimum atomic E-state index is -0.378. The maximum absolute atomic E-state index is 6.97. The summed E-state index contributed by atoms with van der Waals surface area (Å²) in [6.45, 7) is 29.5. The number of imidazole rings is 1. The second-order valence-corrected chi connectivity index (χ2v) is 22.4. The first kappa shape index (κ1) is 48.4. The van der Waals surface area contributed by atoms with Crippen molar-refractivity contribution in [3.05, 3.63) is 209 Å². The molecule has 5 nitrogen and oxygen atoms in total. The molecule has 6 aromatic carbocycles. The predicted molar refractivity (Wildman–Crippen MR) is 276 cm³/mol. The Morgan fingerprint density at radius 2 is 1.09 bits per heavy atom. The van der Waals surface area contributed by atoms with Crippen molar-refractivity contribution in [3.63, 3.8) is 0 Å². The van der Waals surface area contributed by atoms with Gasteiger partial charge in [-0.25, -0.2) is 4.98 Å². The third-order valence-electron chi connectivity index (χ3n) is 13.7. The molecule has 9 aromatic rings. The van der Waals surface area contributed by atoms with Gasteiger partial charge in [-0.1, -0.05) is 180 Å². The summed E-state index contributed by atoms with van der Waals surface area (Å²) in [5, 5.41) is 2.22. The summed E-state index contributed by atoms with van der Waals surface area (Å²) < 4.78 is 13.5. The molecule has 0 aliphatic carbocycles. The standard InChI is InChI=1S/C62H64N4O.Pt/c1-58(2,3)44-30-31-63-57(37-44)66-54-27-21-20-26-52(54)53-29-28-50(39-55(53)66)67-51-36-47(62(12,13)43-24-18-15-19-25-43)35-49(38-51)65-41-64(40-56(65)60(7,8)9)48-33-45(59(4,5)6)32-46(34-48)61(10,11)42-22-16-14-17-23-42;/h14-37,40H,1-13H3;/q-2;. The molecular formula is C62H64N4OPt-2. The van der Waals surface area contributed by atoms with E-state index in [1.807, 2.05) is 12.3 Å². The topological polar surface area (TPSA) is 35.9 Å². The normalized spacial score (nSPS) is 12.7. The molecule has 3 heterocycles. The van der Waals surface area contributed by atoms with E-state index in [1.165, 1.54) is 27.8 Å². The van der Waals surface area contributed by atoms with Crippen LogP contribution in [0.2, 0.25) is 0 Å². The fourth-order valence-corrected chi connectivity index (χ4v) is 9.16. The molecule has 0 aliphatic rings. The van der Waals surface area contributed by atoms with Crippen LogP contribution in [-0.4, -0.2) is 14.1 Å². The fraction of sp³-hybridized carbons (Fsp3) is 0.290. The zero-order valence-corrected chi connectivity index (χ0v) is 44.2. The van der Waals surface area contributed by atoms with Gasteiger partial charge in [0.2, 0.25) is 0 Å². The average Bonchev–Trinajstić information content (AvgIpc) is 3.90. The van der Waals surface area contributed by atoms with Gasteiger partial charge in [0.15, 0.2) is 0 Å². The molecule has 0 amide bonds. The van der Waals surface area contributed by atoms with Crippen LogP contribution in [0.5, 0.6) is 11.5 Å². The van der Waals surface area contributed by atoms with Gasteiger partial charge in [0.25, 0.3) is 6.33 Å². The van der Waals surface area contributed by atoms with Crippen molar-refractivity contribution in [1.29, 1.82) is 0 Å². The van der Waals surface area contributed by atoms with Gasteiger partial charge in [0, 0.05) is 55.9 Å². The van der Waals surface area contributed by atoms with Crippen LogP contribution in [-0.2, 0) is 48.1 Å². The summed E-state index contributed by atoms with van der Waals surface area (Å²) in [5.74, 6) is 2.04. The summed E-state index contributed by atoms with van der Waals surface area (Å²) in [6, 6.07) is 57.4. The van der Waals surface area contributed by atoms with Gasteiger partial charge in [-0.2, -0.15) is 12.1 Å². The predicted octanol–water partition coefficient (Wildman–Crippen LogP) is 15.0. The number of ether oxygens (including phenoxy) is 1. The number of hydrogen-bond donors (Lipinski definition) is 0. The number of hydrogen-bond acceptors (Lipinski definition) is 2. The van der Waals surface area contributed by atoms with Gasteiger partial charge in [0.1, 0.15) is 5.82 Å². The van der Waals surface area contributed by atoms with Crippen LogP contribution in [0.25, 0.3) is 39.0 Å². The van der Waals surface area contributed by atoms with Crippen LogP contribution < -0.4 is 9.30 Å². The second kappa shape index (κ2) is 17.8. The molecule has 0 unspecified atom stereocenters. The Balaban J connectivity index is 0.00000625. The van der Waals surface area contributed by atoms with E-state index >= 15 is 0 Å². The van der Waals surface area contributed by atoms with Crippen LogP contribution in [0, 0.1) is 18.5 Å². The van der Waals surface area contributed by atoms with Crippen molar-refractivity contribution >= 4 is 21.8 Å². The van der Waals surface area contributed by atoms with Gasteiger partial charge < -0.3 is 13.9 Å². The molecule has 3 aromatic heterocycles. The summed E-state index contributed by atoms with van der Waals surface area (Å²) >= 11 is 0. The number of aromatic nitrogens is 4. The number of nitrogens with zero attached hydrogens (tertiary/aromatic N) is 4. The first-order valence-corrected chi connectivity index (χ1v) is 23.6. The quantitative estimate of drug-likeness (QED) is 0.107. The number of para-hydroxylation sites is 1. The van der Waals surface area contributed by atoms with Crippen molar-refractivity contribution < 1.29 is 30.4 Å². The summed E-state index contributed by atoms with van der Waals surface area (Å²) in [5.41, 5.74) is 11.3. The minimum absolute atomic E-state index is 0. The van der Waals surface area contributed by atoms with Crippen LogP contribution in [0.3, 0.4) is 0 Å². The van der Waals surface area contributed by atoms with Crippen LogP contribution in [0.1, 0.15) is 129 Å². The molecule has 0 aliphatic heterocycles. The molecule has 0 fully saturated rings. The van der Waals surface area contributed by atoms with E-state index in [4.69, 9.17) is 9.72 Å². The Morgan fingerprint density at radius 1 is 0.500 bits per heavy atom. The Bertz CT molecular complexity index is 3260. The summed E-state index contributed by atoms with van der Waals surface area (Å²) in [4.78, 5) is 4.91. The van der Waals surface area contributed by atoms with Crippen LogP contribution >= 0.6 is 0 Å². The van der Waals surface area contributed by atoms with Crippen LogP contribution in [0.15, 0.2) is 152 Å². The molecular weight excluding hydrogens is 1010 g/mol. The average molecular weight is 1080 g/mol. The molecule has 0 radical (unpaired) electrons. The molecule has 68 heavy (non-hydrogen) atoms. The number of pyridine rings is 1. The van der Waals surface area contributed by atoms with E-state index in [0.717, 1.165) is 50.3 Å². The molecule has 350 valence electrons. The monoisotopic (exact) mass is 1080 g/mol. The van der Waals surface area contributed by atoms with Crippen molar-refractivity contribution in [2.24, 2.45) is 0 Å². The van der Waals surface area contributed by atoms with Gasteiger partial charge in [0.05, 0.1) is 11.4 Å². The Morgan fingerprint density at radius 3 is 1.71 bits per heavy atom. The first-order valence-electron chi connectivity index (χ1n) is 23.6. The van der Waals surface area contributed by atoms with E-state index in [0.29, 0.717) is 11.5 Å². The number of fused-ring (bicyclic) bond motifs is 3. The van der Waals surface area contributed by atoms with Gasteiger partial charge in [-0.15, -0.1) is 35.2 Å². The largest absolute Gasteiger partial charge is 0.510 e. The Hall–Kier alpha value is -6.03. The van der Waals surface area contributed by atoms with Crippen molar-refractivity contribution in [1.82, 2.24) is 14.1 Å². The van der Waals surface area contributed by atoms with E-state index in [1.54, 1.807) is 0 Å². The number of benzene rings is 6.